The molecule has 2 heterocycles. The number of aromatic nitrogens is 3. The second-order valence-corrected chi connectivity index (χ2v) is 5.31. The van der Waals surface area contributed by atoms with Crippen LogP contribution in [0.25, 0.3) is 0 Å². The van der Waals surface area contributed by atoms with E-state index in [9.17, 15) is 0 Å². The Hall–Kier alpha value is -0.900. The minimum Gasteiger partial charge on any atom is -0.317 e. The fraction of sp³-hybridized carbons (Fsp3) is 0.818. The van der Waals surface area contributed by atoms with Crippen molar-refractivity contribution in [3.8, 4) is 0 Å². The Balaban J connectivity index is 2.12. The predicted octanol–water partition coefficient (Wildman–Crippen LogP) is 1.50. The summed E-state index contributed by atoms with van der Waals surface area (Å²) in [5.41, 5.74) is 1.19. The number of nitrogens with one attached hydrogen (secondary N) is 1. The summed E-state index contributed by atoms with van der Waals surface area (Å²) in [6, 6.07) is 0.537. The molecule has 0 aromatic carbocycles. The standard InChI is InChI=1S/C11H20N4/c1-11(2,3)10-8-15(14-13-10)9-4-6-12-7-5-9/h8-9,12H,4-7H2,1-3H3. The molecule has 0 aliphatic carbocycles. The normalized spacial score (nSPS) is 19.4. The van der Waals surface area contributed by atoms with Crippen LogP contribution in [0.15, 0.2) is 6.20 Å². The van der Waals surface area contributed by atoms with Gasteiger partial charge in [-0.1, -0.05) is 26.0 Å². The zero-order chi connectivity index (χ0) is 10.9. The number of hydrogen-bond donors (Lipinski definition) is 1. The molecule has 0 bridgehead atoms. The van der Waals surface area contributed by atoms with Crippen molar-refractivity contribution in [2.45, 2.75) is 45.1 Å². The molecule has 1 saturated heterocycles. The smallest absolute Gasteiger partial charge is 0.0880 e. The Kier molecular flexibility index (Phi) is 2.78. The van der Waals surface area contributed by atoms with Gasteiger partial charge in [-0.3, -0.25) is 0 Å². The molecule has 0 saturated carbocycles. The maximum Gasteiger partial charge on any atom is 0.0880 e. The summed E-state index contributed by atoms with van der Waals surface area (Å²) in [4.78, 5) is 0. The summed E-state index contributed by atoms with van der Waals surface area (Å²) < 4.78 is 2.04. The first kappa shape index (κ1) is 10.6. The molecule has 4 nitrogen and oxygen atoms in total. The van der Waals surface area contributed by atoms with Crippen LogP contribution in [0.1, 0.15) is 45.3 Å². The van der Waals surface area contributed by atoms with Crippen molar-refractivity contribution in [3.05, 3.63) is 11.9 Å². The molecule has 2 rings (SSSR count). The highest BCUT2D eigenvalue weighted by Crippen LogP contribution is 2.22. The van der Waals surface area contributed by atoms with Crippen molar-refractivity contribution in [1.82, 2.24) is 20.3 Å². The van der Waals surface area contributed by atoms with E-state index in [0.29, 0.717) is 6.04 Å². The molecule has 1 fully saturated rings. The fourth-order valence-electron chi connectivity index (χ4n) is 1.87. The van der Waals surface area contributed by atoms with Gasteiger partial charge < -0.3 is 5.32 Å². The van der Waals surface area contributed by atoms with E-state index in [4.69, 9.17) is 0 Å². The third-order valence-electron chi connectivity index (χ3n) is 2.96. The van der Waals surface area contributed by atoms with Gasteiger partial charge in [-0.2, -0.15) is 0 Å². The largest absolute Gasteiger partial charge is 0.317 e. The number of piperidine rings is 1. The van der Waals surface area contributed by atoms with Crippen molar-refractivity contribution >= 4 is 0 Å². The highest BCUT2D eigenvalue weighted by Gasteiger charge is 2.21. The molecule has 1 aromatic heterocycles. The van der Waals surface area contributed by atoms with E-state index in [2.05, 4.69) is 42.6 Å². The molecule has 0 spiro atoms. The van der Waals surface area contributed by atoms with E-state index in [0.717, 1.165) is 31.6 Å². The topological polar surface area (TPSA) is 42.7 Å². The van der Waals surface area contributed by atoms with Gasteiger partial charge >= 0.3 is 0 Å². The third kappa shape index (κ3) is 2.37. The highest BCUT2D eigenvalue weighted by atomic mass is 15.4. The molecule has 15 heavy (non-hydrogen) atoms. The van der Waals surface area contributed by atoms with Crippen LogP contribution in [0.3, 0.4) is 0 Å². The van der Waals surface area contributed by atoms with E-state index in [1.807, 2.05) is 4.68 Å². The summed E-state index contributed by atoms with van der Waals surface area (Å²) in [5.74, 6) is 0. The van der Waals surface area contributed by atoms with Crippen LogP contribution in [-0.2, 0) is 5.41 Å². The SMILES string of the molecule is CC(C)(C)c1cn(C2CCNCC2)nn1. The van der Waals surface area contributed by atoms with Crippen LogP contribution in [0.2, 0.25) is 0 Å². The van der Waals surface area contributed by atoms with Crippen molar-refractivity contribution in [3.63, 3.8) is 0 Å². The number of rotatable bonds is 1. The van der Waals surface area contributed by atoms with Gasteiger partial charge in [0.05, 0.1) is 11.7 Å². The van der Waals surface area contributed by atoms with Crippen molar-refractivity contribution in [2.75, 3.05) is 13.1 Å². The van der Waals surface area contributed by atoms with Gasteiger partial charge in [0.1, 0.15) is 0 Å². The fourth-order valence-corrected chi connectivity index (χ4v) is 1.87. The van der Waals surface area contributed by atoms with Crippen LogP contribution in [-0.4, -0.2) is 28.1 Å². The molecule has 0 atom stereocenters. The summed E-state index contributed by atoms with van der Waals surface area (Å²) in [6.45, 7) is 8.70. The zero-order valence-electron chi connectivity index (χ0n) is 9.82. The monoisotopic (exact) mass is 208 g/mol. The maximum atomic E-state index is 4.26. The molecule has 0 radical (unpaired) electrons. The van der Waals surface area contributed by atoms with E-state index in [-0.39, 0.29) is 5.41 Å². The van der Waals surface area contributed by atoms with Crippen molar-refractivity contribution in [2.24, 2.45) is 0 Å². The minimum absolute atomic E-state index is 0.102. The summed E-state index contributed by atoms with van der Waals surface area (Å²) in [6.07, 6.45) is 4.43. The Morgan fingerprint density at radius 3 is 2.53 bits per heavy atom. The van der Waals surface area contributed by atoms with Crippen LogP contribution < -0.4 is 5.32 Å². The lowest BCUT2D eigenvalue weighted by Crippen LogP contribution is -2.29. The Morgan fingerprint density at radius 2 is 2.00 bits per heavy atom. The van der Waals surface area contributed by atoms with E-state index in [1.165, 1.54) is 0 Å². The zero-order valence-corrected chi connectivity index (χ0v) is 9.82. The van der Waals surface area contributed by atoms with Gasteiger partial charge in [0.15, 0.2) is 0 Å². The lowest BCUT2D eigenvalue weighted by Gasteiger charge is -2.22. The highest BCUT2D eigenvalue weighted by molar-refractivity contribution is 5.06. The van der Waals surface area contributed by atoms with Gasteiger partial charge in [-0.05, 0) is 25.9 Å². The average Bonchev–Trinajstić information content (AvgIpc) is 2.67. The molecular formula is C11H20N4. The van der Waals surface area contributed by atoms with Gasteiger partial charge in [0.2, 0.25) is 0 Å². The molecule has 1 aliphatic rings. The molecule has 0 unspecified atom stereocenters. The summed E-state index contributed by atoms with van der Waals surface area (Å²) in [5, 5.41) is 11.9. The number of nitrogens with zero attached hydrogens (tertiary/aromatic N) is 3. The first-order valence-corrected chi connectivity index (χ1v) is 5.70. The number of hydrogen-bond acceptors (Lipinski definition) is 3. The summed E-state index contributed by atoms with van der Waals surface area (Å²) >= 11 is 0. The molecule has 84 valence electrons. The van der Waals surface area contributed by atoms with Crippen molar-refractivity contribution < 1.29 is 0 Å². The average molecular weight is 208 g/mol. The van der Waals surface area contributed by atoms with E-state index >= 15 is 0 Å². The van der Waals surface area contributed by atoms with Crippen molar-refractivity contribution in [1.29, 1.82) is 0 Å². The molecule has 0 amide bonds. The second kappa shape index (κ2) is 3.93. The third-order valence-corrected chi connectivity index (χ3v) is 2.96. The van der Waals surface area contributed by atoms with E-state index < -0.39 is 0 Å². The maximum absolute atomic E-state index is 4.26. The van der Waals surface area contributed by atoms with Gasteiger partial charge in [-0.15, -0.1) is 5.10 Å². The van der Waals surface area contributed by atoms with Crippen LogP contribution in [0, 0.1) is 0 Å². The second-order valence-electron chi connectivity index (χ2n) is 5.31. The first-order valence-electron chi connectivity index (χ1n) is 5.70. The Labute approximate surface area is 91.1 Å². The molecule has 1 aliphatic heterocycles. The molecule has 4 heteroatoms. The van der Waals surface area contributed by atoms with Gasteiger partial charge in [0, 0.05) is 11.6 Å². The minimum atomic E-state index is 0.102. The Morgan fingerprint density at radius 1 is 1.33 bits per heavy atom. The van der Waals surface area contributed by atoms with Crippen LogP contribution in [0.4, 0.5) is 0 Å². The lowest BCUT2D eigenvalue weighted by molar-refractivity contribution is 0.337. The molecular weight excluding hydrogens is 188 g/mol. The van der Waals surface area contributed by atoms with Gasteiger partial charge in [-0.25, -0.2) is 4.68 Å². The molecule has 1 aromatic rings. The van der Waals surface area contributed by atoms with Crippen LogP contribution in [0.5, 0.6) is 0 Å². The quantitative estimate of drug-likeness (QED) is 0.760. The summed E-state index contributed by atoms with van der Waals surface area (Å²) in [7, 11) is 0. The van der Waals surface area contributed by atoms with Gasteiger partial charge in [0.25, 0.3) is 0 Å². The lowest BCUT2D eigenvalue weighted by atomic mass is 9.93. The first-order chi connectivity index (χ1) is 7.07. The Bertz CT molecular complexity index is 318. The van der Waals surface area contributed by atoms with E-state index in [1.54, 1.807) is 0 Å². The van der Waals surface area contributed by atoms with Crippen LogP contribution >= 0.6 is 0 Å². The predicted molar refractivity (Wildman–Crippen MR) is 59.9 cm³/mol. The molecule has 1 N–H and O–H groups in total.